The largest absolute Gasteiger partial charge is 0.323 e. The van der Waals surface area contributed by atoms with Gasteiger partial charge in [0.25, 0.3) is 5.91 Å². The van der Waals surface area contributed by atoms with Crippen molar-refractivity contribution in [2.75, 3.05) is 0 Å². The van der Waals surface area contributed by atoms with Gasteiger partial charge in [-0.15, -0.1) is 0 Å². The Morgan fingerprint density at radius 2 is 1.80 bits per heavy atom. The molecule has 0 N–H and O–H groups in total. The molecule has 0 saturated carbocycles. The Morgan fingerprint density at radius 3 is 2.45 bits per heavy atom. The Morgan fingerprint density at radius 1 is 1.10 bits per heavy atom. The third-order valence-electron chi connectivity index (χ3n) is 3.69. The van der Waals surface area contributed by atoms with Crippen LogP contribution in [-0.4, -0.2) is 21.3 Å². The molecule has 3 nitrogen and oxygen atoms in total. The van der Waals surface area contributed by atoms with Gasteiger partial charge < -0.3 is 4.90 Å². The molecule has 1 aliphatic heterocycles. The molecule has 0 aliphatic carbocycles. The SMILES string of the molecule is CC(C)(C)N1C(=O)c2cnccc2C1c1ccccc1. The lowest BCUT2D eigenvalue weighted by Crippen LogP contribution is -2.44. The maximum atomic E-state index is 12.7. The van der Waals surface area contributed by atoms with Crippen molar-refractivity contribution in [3.05, 3.63) is 65.5 Å². The van der Waals surface area contributed by atoms with Crippen LogP contribution in [0.25, 0.3) is 0 Å². The zero-order chi connectivity index (χ0) is 14.3. The van der Waals surface area contributed by atoms with Crippen LogP contribution in [0.1, 0.15) is 48.3 Å². The van der Waals surface area contributed by atoms with Crippen LogP contribution in [0.5, 0.6) is 0 Å². The van der Waals surface area contributed by atoms with Gasteiger partial charge in [0.15, 0.2) is 0 Å². The molecule has 102 valence electrons. The molecule has 2 heterocycles. The van der Waals surface area contributed by atoms with Crippen LogP contribution in [0.3, 0.4) is 0 Å². The van der Waals surface area contributed by atoms with Crippen molar-refractivity contribution in [3.8, 4) is 0 Å². The van der Waals surface area contributed by atoms with Gasteiger partial charge in [-0.25, -0.2) is 0 Å². The summed E-state index contributed by atoms with van der Waals surface area (Å²) in [7, 11) is 0. The second-order valence-corrected chi connectivity index (χ2v) is 6.12. The molecule has 1 aromatic carbocycles. The third-order valence-corrected chi connectivity index (χ3v) is 3.69. The fourth-order valence-corrected chi connectivity index (χ4v) is 2.86. The van der Waals surface area contributed by atoms with Crippen LogP contribution in [0.4, 0.5) is 0 Å². The Bertz CT molecular complexity index is 644. The second kappa shape index (κ2) is 4.44. The van der Waals surface area contributed by atoms with E-state index in [1.165, 1.54) is 0 Å². The van der Waals surface area contributed by atoms with Crippen molar-refractivity contribution in [2.24, 2.45) is 0 Å². The van der Waals surface area contributed by atoms with Gasteiger partial charge in [0.2, 0.25) is 0 Å². The van der Waals surface area contributed by atoms with Crippen LogP contribution in [0, 0.1) is 0 Å². The summed E-state index contributed by atoms with van der Waals surface area (Å²) in [6.07, 6.45) is 3.44. The molecule has 0 bridgehead atoms. The first-order valence-corrected chi connectivity index (χ1v) is 6.82. The molecule has 1 aliphatic rings. The van der Waals surface area contributed by atoms with Crippen molar-refractivity contribution in [3.63, 3.8) is 0 Å². The highest BCUT2D eigenvalue weighted by molar-refractivity contribution is 5.99. The van der Waals surface area contributed by atoms with Gasteiger partial charge in [-0.2, -0.15) is 0 Å². The fourth-order valence-electron chi connectivity index (χ4n) is 2.86. The fraction of sp³-hybridized carbons (Fsp3) is 0.294. The first-order valence-electron chi connectivity index (χ1n) is 6.82. The summed E-state index contributed by atoms with van der Waals surface area (Å²) in [6.45, 7) is 6.21. The molecular weight excluding hydrogens is 248 g/mol. The topological polar surface area (TPSA) is 33.2 Å². The number of hydrogen-bond acceptors (Lipinski definition) is 2. The number of amides is 1. The first-order chi connectivity index (χ1) is 9.50. The maximum absolute atomic E-state index is 12.7. The third kappa shape index (κ3) is 1.90. The first kappa shape index (κ1) is 12.9. The summed E-state index contributed by atoms with van der Waals surface area (Å²) >= 11 is 0. The monoisotopic (exact) mass is 266 g/mol. The van der Waals surface area contributed by atoms with Crippen LogP contribution < -0.4 is 0 Å². The predicted octanol–water partition coefficient (Wildman–Crippen LogP) is 3.43. The molecule has 0 spiro atoms. The Hall–Kier alpha value is -2.16. The lowest BCUT2D eigenvalue weighted by atomic mass is 9.96. The van der Waals surface area contributed by atoms with E-state index >= 15 is 0 Å². The summed E-state index contributed by atoms with van der Waals surface area (Å²) in [5, 5.41) is 0. The number of hydrogen-bond donors (Lipinski definition) is 0. The van der Waals surface area contributed by atoms with E-state index in [9.17, 15) is 4.79 Å². The van der Waals surface area contributed by atoms with Gasteiger partial charge >= 0.3 is 0 Å². The van der Waals surface area contributed by atoms with E-state index in [1.54, 1.807) is 12.4 Å². The highest BCUT2D eigenvalue weighted by Crippen LogP contribution is 2.41. The minimum Gasteiger partial charge on any atom is -0.323 e. The molecule has 3 heteroatoms. The summed E-state index contributed by atoms with van der Waals surface area (Å²) in [5.41, 5.74) is 2.67. The number of carbonyl (C=O) groups is 1. The van der Waals surface area contributed by atoms with Gasteiger partial charge in [-0.1, -0.05) is 30.3 Å². The molecule has 0 saturated heterocycles. The van der Waals surface area contributed by atoms with E-state index in [2.05, 4.69) is 37.9 Å². The summed E-state index contributed by atoms with van der Waals surface area (Å²) in [4.78, 5) is 18.8. The highest BCUT2D eigenvalue weighted by Gasteiger charge is 2.43. The predicted molar refractivity (Wildman–Crippen MR) is 78.4 cm³/mol. The zero-order valence-corrected chi connectivity index (χ0v) is 12.0. The average molecular weight is 266 g/mol. The minimum atomic E-state index is -0.239. The van der Waals surface area contributed by atoms with Gasteiger partial charge in [0.05, 0.1) is 11.6 Å². The molecular formula is C17H18N2O. The lowest BCUT2D eigenvalue weighted by Gasteiger charge is -2.37. The van der Waals surface area contributed by atoms with Gasteiger partial charge in [0.1, 0.15) is 0 Å². The number of benzene rings is 1. The number of carbonyl (C=O) groups excluding carboxylic acids is 1. The van der Waals surface area contributed by atoms with Gasteiger partial charge in [-0.3, -0.25) is 9.78 Å². The van der Waals surface area contributed by atoms with Crippen molar-refractivity contribution >= 4 is 5.91 Å². The summed E-state index contributed by atoms with van der Waals surface area (Å²) < 4.78 is 0. The maximum Gasteiger partial charge on any atom is 0.257 e. The quantitative estimate of drug-likeness (QED) is 0.792. The van der Waals surface area contributed by atoms with Crippen molar-refractivity contribution < 1.29 is 4.79 Å². The van der Waals surface area contributed by atoms with Crippen LogP contribution >= 0.6 is 0 Å². The highest BCUT2D eigenvalue weighted by atomic mass is 16.2. The number of fused-ring (bicyclic) bond motifs is 1. The second-order valence-electron chi connectivity index (χ2n) is 6.12. The zero-order valence-electron chi connectivity index (χ0n) is 12.0. The average Bonchev–Trinajstić information content (AvgIpc) is 2.74. The van der Waals surface area contributed by atoms with Crippen LogP contribution in [0.15, 0.2) is 48.8 Å². The molecule has 0 fully saturated rings. The standard InChI is InChI=1S/C17H18N2O/c1-17(2,3)19-15(12-7-5-4-6-8-12)13-9-10-18-11-14(13)16(19)20/h4-11,15H,1-3H3. The molecule has 1 amide bonds. The van der Waals surface area contributed by atoms with E-state index in [4.69, 9.17) is 0 Å². The molecule has 0 radical (unpaired) electrons. The summed E-state index contributed by atoms with van der Waals surface area (Å²) in [6, 6.07) is 12.1. The van der Waals surface area contributed by atoms with Crippen LogP contribution in [0.2, 0.25) is 0 Å². The van der Waals surface area contributed by atoms with E-state index < -0.39 is 0 Å². The normalized spacial score (nSPS) is 18.2. The summed E-state index contributed by atoms with van der Waals surface area (Å²) in [5.74, 6) is 0.0643. The van der Waals surface area contributed by atoms with Gasteiger partial charge in [0, 0.05) is 17.9 Å². The molecule has 20 heavy (non-hydrogen) atoms. The van der Waals surface area contributed by atoms with Crippen LogP contribution in [-0.2, 0) is 0 Å². The minimum absolute atomic E-state index is 0.0262. The number of nitrogens with zero attached hydrogens (tertiary/aromatic N) is 2. The van der Waals surface area contributed by atoms with Crippen molar-refractivity contribution in [1.82, 2.24) is 9.88 Å². The molecule has 1 aromatic heterocycles. The van der Waals surface area contributed by atoms with Crippen molar-refractivity contribution in [1.29, 1.82) is 0 Å². The van der Waals surface area contributed by atoms with E-state index in [0.717, 1.165) is 16.7 Å². The van der Waals surface area contributed by atoms with E-state index in [1.807, 2.05) is 29.2 Å². The van der Waals surface area contributed by atoms with E-state index in [-0.39, 0.29) is 17.5 Å². The lowest BCUT2D eigenvalue weighted by molar-refractivity contribution is 0.0552. The van der Waals surface area contributed by atoms with Crippen molar-refractivity contribution in [2.45, 2.75) is 32.4 Å². The molecule has 1 unspecified atom stereocenters. The Labute approximate surface area is 119 Å². The Kier molecular flexibility index (Phi) is 2.85. The molecule has 1 atom stereocenters. The number of aromatic nitrogens is 1. The number of pyridine rings is 1. The van der Waals surface area contributed by atoms with E-state index in [0.29, 0.717) is 0 Å². The molecule has 3 rings (SSSR count). The Balaban J connectivity index is 2.20. The smallest absolute Gasteiger partial charge is 0.257 e. The van der Waals surface area contributed by atoms with Gasteiger partial charge in [-0.05, 0) is 38.0 Å². The molecule has 2 aromatic rings. The number of rotatable bonds is 1.